The molecular weight excluding hydrogens is 164 g/mol. The van der Waals surface area contributed by atoms with E-state index in [4.69, 9.17) is 5.73 Å². The maximum atomic E-state index is 11.4. The fourth-order valence-electron chi connectivity index (χ4n) is 1.77. The number of pyridine rings is 1. The number of anilines is 1. The lowest BCUT2D eigenvalue weighted by atomic mass is 9.82. The van der Waals surface area contributed by atoms with Crippen molar-refractivity contribution in [3.8, 4) is 0 Å². The first kappa shape index (κ1) is 8.35. The lowest BCUT2D eigenvalue weighted by Crippen LogP contribution is -2.24. The standard InChI is InChI=1S/C10H14N2O/c1-12-9(7-3-2-4-7)5-8(11)6-10(12)13/h5-7H,2-4,11H2,1H3. The summed E-state index contributed by atoms with van der Waals surface area (Å²) in [5, 5.41) is 0. The zero-order valence-electron chi connectivity index (χ0n) is 7.79. The molecule has 0 aromatic carbocycles. The van der Waals surface area contributed by atoms with Crippen molar-refractivity contribution in [3.63, 3.8) is 0 Å². The van der Waals surface area contributed by atoms with Gasteiger partial charge in [-0.25, -0.2) is 0 Å². The van der Waals surface area contributed by atoms with Crippen LogP contribution in [0.15, 0.2) is 16.9 Å². The molecule has 1 heterocycles. The van der Waals surface area contributed by atoms with Crippen LogP contribution in [0.3, 0.4) is 0 Å². The summed E-state index contributed by atoms with van der Waals surface area (Å²) in [6.45, 7) is 0. The normalized spacial score (nSPS) is 17.0. The summed E-state index contributed by atoms with van der Waals surface area (Å²) in [6.07, 6.45) is 3.65. The van der Waals surface area contributed by atoms with E-state index < -0.39 is 0 Å². The molecule has 0 atom stereocenters. The molecule has 2 rings (SSSR count). The molecule has 3 nitrogen and oxygen atoms in total. The van der Waals surface area contributed by atoms with E-state index in [1.807, 2.05) is 13.1 Å². The van der Waals surface area contributed by atoms with Crippen LogP contribution in [-0.4, -0.2) is 4.57 Å². The average molecular weight is 178 g/mol. The molecule has 0 amide bonds. The number of nitrogens with zero attached hydrogens (tertiary/aromatic N) is 1. The van der Waals surface area contributed by atoms with Gasteiger partial charge in [-0.1, -0.05) is 6.42 Å². The van der Waals surface area contributed by atoms with Crippen LogP contribution in [0.25, 0.3) is 0 Å². The molecule has 0 spiro atoms. The molecule has 1 aliphatic carbocycles. The SMILES string of the molecule is Cn1c(C2CCC2)cc(N)cc1=O. The third-order valence-electron chi connectivity index (χ3n) is 2.85. The third kappa shape index (κ3) is 1.34. The number of nitrogens with two attached hydrogens (primary N) is 1. The van der Waals surface area contributed by atoms with Gasteiger partial charge in [0.1, 0.15) is 0 Å². The van der Waals surface area contributed by atoms with Crippen molar-refractivity contribution < 1.29 is 0 Å². The monoisotopic (exact) mass is 178 g/mol. The van der Waals surface area contributed by atoms with Crippen LogP contribution < -0.4 is 11.3 Å². The number of nitrogen functional groups attached to an aromatic ring is 1. The van der Waals surface area contributed by atoms with Crippen LogP contribution in [0.1, 0.15) is 30.9 Å². The quantitative estimate of drug-likeness (QED) is 0.703. The van der Waals surface area contributed by atoms with Crippen molar-refractivity contribution in [2.75, 3.05) is 5.73 Å². The molecule has 0 bridgehead atoms. The van der Waals surface area contributed by atoms with Gasteiger partial charge >= 0.3 is 0 Å². The molecule has 0 unspecified atom stereocenters. The van der Waals surface area contributed by atoms with Gasteiger partial charge in [-0.15, -0.1) is 0 Å². The summed E-state index contributed by atoms with van der Waals surface area (Å²) < 4.78 is 1.71. The summed E-state index contributed by atoms with van der Waals surface area (Å²) in [5.41, 5.74) is 7.32. The molecule has 0 aliphatic heterocycles. The van der Waals surface area contributed by atoms with E-state index in [2.05, 4.69) is 0 Å². The predicted octanol–water partition coefficient (Wildman–Crippen LogP) is 1.23. The van der Waals surface area contributed by atoms with Crippen molar-refractivity contribution in [1.29, 1.82) is 0 Å². The number of aromatic nitrogens is 1. The van der Waals surface area contributed by atoms with Crippen molar-refractivity contribution in [2.24, 2.45) is 7.05 Å². The molecule has 70 valence electrons. The highest BCUT2D eigenvalue weighted by Gasteiger charge is 2.22. The lowest BCUT2D eigenvalue weighted by Gasteiger charge is -2.27. The molecule has 1 aliphatic rings. The fourth-order valence-corrected chi connectivity index (χ4v) is 1.77. The molecule has 2 N–H and O–H groups in total. The molecule has 1 aromatic heterocycles. The van der Waals surface area contributed by atoms with Crippen LogP contribution in [0.4, 0.5) is 5.69 Å². The molecule has 3 heteroatoms. The van der Waals surface area contributed by atoms with Gasteiger partial charge in [0, 0.05) is 24.5 Å². The van der Waals surface area contributed by atoms with Gasteiger partial charge in [-0.3, -0.25) is 4.79 Å². The van der Waals surface area contributed by atoms with Crippen molar-refractivity contribution >= 4 is 5.69 Å². The highest BCUT2D eigenvalue weighted by molar-refractivity contribution is 5.39. The fraction of sp³-hybridized carbons (Fsp3) is 0.500. The van der Waals surface area contributed by atoms with E-state index in [1.54, 1.807) is 4.57 Å². The van der Waals surface area contributed by atoms with E-state index >= 15 is 0 Å². The number of hydrogen-bond acceptors (Lipinski definition) is 2. The second-order valence-corrected chi connectivity index (χ2v) is 3.74. The smallest absolute Gasteiger partial charge is 0.252 e. The third-order valence-corrected chi connectivity index (χ3v) is 2.85. The summed E-state index contributed by atoms with van der Waals surface area (Å²) in [7, 11) is 1.81. The van der Waals surface area contributed by atoms with E-state index in [-0.39, 0.29) is 5.56 Å². The van der Waals surface area contributed by atoms with Gasteiger partial charge in [0.05, 0.1) is 0 Å². The topological polar surface area (TPSA) is 48.0 Å². The van der Waals surface area contributed by atoms with Crippen molar-refractivity contribution in [3.05, 3.63) is 28.2 Å². The van der Waals surface area contributed by atoms with Crippen molar-refractivity contribution in [1.82, 2.24) is 4.57 Å². The Kier molecular flexibility index (Phi) is 1.87. The molecule has 1 fully saturated rings. The predicted molar refractivity (Wildman–Crippen MR) is 52.7 cm³/mol. The van der Waals surface area contributed by atoms with Crippen LogP contribution in [0, 0.1) is 0 Å². The number of rotatable bonds is 1. The minimum absolute atomic E-state index is 0.00176. The Bertz CT molecular complexity index is 377. The Morgan fingerprint density at radius 1 is 1.46 bits per heavy atom. The van der Waals surface area contributed by atoms with Gasteiger partial charge in [0.2, 0.25) is 0 Å². The molecule has 0 radical (unpaired) electrons. The Labute approximate surface area is 77.2 Å². The Morgan fingerprint density at radius 3 is 2.69 bits per heavy atom. The molecule has 1 aromatic rings. The maximum absolute atomic E-state index is 11.4. The van der Waals surface area contributed by atoms with Gasteiger partial charge in [0.25, 0.3) is 5.56 Å². The van der Waals surface area contributed by atoms with E-state index in [1.165, 1.54) is 25.3 Å². The Balaban J connectivity index is 2.48. The highest BCUT2D eigenvalue weighted by atomic mass is 16.1. The minimum atomic E-state index is 0.00176. The van der Waals surface area contributed by atoms with Crippen LogP contribution in [0.2, 0.25) is 0 Å². The largest absolute Gasteiger partial charge is 0.399 e. The zero-order valence-corrected chi connectivity index (χ0v) is 7.79. The highest BCUT2D eigenvalue weighted by Crippen LogP contribution is 2.35. The lowest BCUT2D eigenvalue weighted by molar-refractivity contribution is 0.399. The van der Waals surface area contributed by atoms with Gasteiger partial charge in [-0.2, -0.15) is 0 Å². The van der Waals surface area contributed by atoms with Crippen LogP contribution >= 0.6 is 0 Å². The van der Waals surface area contributed by atoms with E-state index in [0.29, 0.717) is 11.6 Å². The zero-order chi connectivity index (χ0) is 9.42. The maximum Gasteiger partial charge on any atom is 0.252 e. The van der Waals surface area contributed by atoms with Crippen LogP contribution in [0.5, 0.6) is 0 Å². The van der Waals surface area contributed by atoms with Gasteiger partial charge in [-0.05, 0) is 24.8 Å². The second kappa shape index (κ2) is 2.91. The Hall–Kier alpha value is -1.25. The van der Waals surface area contributed by atoms with Gasteiger partial charge in [0.15, 0.2) is 0 Å². The Morgan fingerprint density at radius 2 is 2.15 bits per heavy atom. The first-order valence-corrected chi connectivity index (χ1v) is 4.65. The molecule has 0 saturated heterocycles. The summed E-state index contributed by atoms with van der Waals surface area (Å²) in [4.78, 5) is 11.4. The summed E-state index contributed by atoms with van der Waals surface area (Å²) in [6, 6.07) is 3.40. The number of hydrogen-bond donors (Lipinski definition) is 1. The first-order chi connectivity index (χ1) is 6.18. The molecular formula is C10H14N2O. The van der Waals surface area contributed by atoms with Crippen LogP contribution in [-0.2, 0) is 7.05 Å². The second-order valence-electron chi connectivity index (χ2n) is 3.74. The van der Waals surface area contributed by atoms with Crippen molar-refractivity contribution in [2.45, 2.75) is 25.2 Å². The van der Waals surface area contributed by atoms with Gasteiger partial charge < -0.3 is 10.3 Å². The van der Waals surface area contributed by atoms with E-state index in [9.17, 15) is 4.79 Å². The average Bonchev–Trinajstić information content (AvgIpc) is 1.95. The molecule has 13 heavy (non-hydrogen) atoms. The minimum Gasteiger partial charge on any atom is -0.399 e. The van der Waals surface area contributed by atoms with E-state index in [0.717, 1.165) is 5.69 Å². The summed E-state index contributed by atoms with van der Waals surface area (Å²) >= 11 is 0. The summed E-state index contributed by atoms with van der Waals surface area (Å²) in [5.74, 6) is 0.557. The first-order valence-electron chi connectivity index (χ1n) is 4.65. The molecule has 1 saturated carbocycles.